The highest BCUT2D eigenvalue weighted by atomic mass is 19.4. The van der Waals surface area contributed by atoms with Gasteiger partial charge in [0.2, 0.25) is 5.91 Å². The number of carbonyl (C=O) groups is 2. The molecule has 1 saturated heterocycles. The van der Waals surface area contributed by atoms with Crippen LogP contribution in [-0.4, -0.2) is 52.6 Å². The van der Waals surface area contributed by atoms with E-state index in [1.807, 2.05) is 0 Å². The number of amides is 2. The third kappa shape index (κ3) is 7.56. The van der Waals surface area contributed by atoms with Crippen molar-refractivity contribution < 1.29 is 45.4 Å². The molecule has 2 amide bonds. The summed E-state index contributed by atoms with van der Waals surface area (Å²) in [5.74, 6) is -3.15. The minimum Gasteiger partial charge on any atom is -0.381 e. The van der Waals surface area contributed by atoms with E-state index < -0.39 is 64.6 Å². The van der Waals surface area contributed by atoms with Crippen molar-refractivity contribution in [2.75, 3.05) is 20.1 Å². The van der Waals surface area contributed by atoms with E-state index in [0.29, 0.717) is 23.3 Å². The predicted octanol–water partition coefficient (Wildman–Crippen LogP) is 5.60. The molecule has 2 aromatic carbocycles. The number of hydrogen-bond donors (Lipinski definition) is 2. The summed E-state index contributed by atoms with van der Waals surface area (Å²) in [6, 6.07) is 4.06. The third-order valence-corrected chi connectivity index (χ3v) is 7.40. The number of piperidine rings is 1. The van der Waals surface area contributed by atoms with Gasteiger partial charge in [0.1, 0.15) is 11.4 Å². The van der Waals surface area contributed by atoms with Crippen LogP contribution in [0.1, 0.15) is 67.0 Å². The average Bonchev–Trinajstić information content (AvgIpc) is 2.85. The van der Waals surface area contributed by atoms with Crippen molar-refractivity contribution in [2.45, 2.75) is 64.0 Å². The van der Waals surface area contributed by atoms with Crippen molar-refractivity contribution in [1.82, 2.24) is 15.3 Å². The second kappa shape index (κ2) is 11.6. The van der Waals surface area contributed by atoms with Crippen molar-refractivity contribution in [1.29, 1.82) is 0 Å². The van der Waals surface area contributed by atoms with Crippen molar-refractivity contribution in [3.05, 3.63) is 70.0 Å². The van der Waals surface area contributed by atoms with Gasteiger partial charge in [0, 0.05) is 32.0 Å². The second-order valence-corrected chi connectivity index (χ2v) is 10.9. The third-order valence-electron chi connectivity index (χ3n) is 7.40. The van der Waals surface area contributed by atoms with E-state index in [-0.39, 0.29) is 31.1 Å². The van der Waals surface area contributed by atoms with Crippen LogP contribution in [0.15, 0.2) is 36.4 Å². The molecule has 1 fully saturated rings. The highest BCUT2D eigenvalue weighted by molar-refractivity contribution is 5.83. The Morgan fingerprint density at radius 1 is 1.02 bits per heavy atom. The molecule has 0 spiro atoms. The number of aliphatic hydroxyl groups is 1. The van der Waals surface area contributed by atoms with Gasteiger partial charge in [0.25, 0.3) is 5.91 Å². The Labute approximate surface area is 233 Å². The maximum Gasteiger partial charge on any atom is 0.416 e. The van der Waals surface area contributed by atoms with Gasteiger partial charge in [-0.2, -0.15) is 26.3 Å². The summed E-state index contributed by atoms with van der Waals surface area (Å²) in [5, 5.41) is 11.5. The minimum atomic E-state index is -5.04. The van der Waals surface area contributed by atoms with E-state index >= 15 is 0 Å². The van der Waals surface area contributed by atoms with Gasteiger partial charge in [0.05, 0.1) is 17.2 Å². The molecule has 13 heteroatoms. The lowest BCUT2D eigenvalue weighted by atomic mass is 9.78. The number of alkyl halides is 6. The highest BCUT2D eigenvalue weighted by Gasteiger charge is 2.41. The van der Waals surface area contributed by atoms with Crippen LogP contribution in [0.5, 0.6) is 0 Å². The van der Waals surface area contributed by atoms with Gasteiger partial charge < -0.3 is 10.0 Å². The topological polar surface area (TPSA) is 72.9 Å². The number of nitrogens with zero attached hydrogens (tertiary/aromatic N) is 2. The van der Waals surface area contributed by atoms with Crippen LogP contribution >= 0.6 is 0 Å². The Bertz CT molecular complexity index is 1260. The van der Waals surface area contributed by atoms with Crippen LogP contribution in [0, 0.1) is 18.7 Å². The first-order valence-electron chi connectivity index (χ1n) is 12.8. The molecule has 0 unspecified atom stereocenters. The number of aryl methyl sites for hydroxylation is 1. The first-order chi connectivity index (χ1) is 18.7. The van der Waals surface area contributed by atoms with Gasteiger partial charge in [-0.1, -0.05) is 6.07 Å². The van der Waals surface area contributed by atoms with Crippen LogP contribution in [0.4, 0.5) is 30.7 Å². The average molecular weight is 592 g/mol. The zero-order valence-corrected chi connectivity index (χ0v) is 23.1. The highest BCUT2D eigenvalue weighted by Crippen LogP contribution is 2.40. The quantitative estimate of drug-likeness (QED) is 0.430. The molecule has 2 aromatic rings. The molecule has 1 heterocycles. The number of nitrogens with one attached hydrogen (secondary N) is 1. The first-order valence-corrected chi connectivity index (χ1v) is 12.8. The normalized spacial score (nSPS) is 19.5. The lowest BCUT2D eigenvalue weighted by Gasteiger charge is -2.41. The number of benzene rings is 2. The van der Waals surface area contributed by atoms with Crippen molar-refractivity contribution in [3.8, 4) is 0 Å². The lowest BCUT2D eigenvalue weighted by molar-refractivity contribution is -0.144. The summed E-state index contributed by atoms with van der Waals surface area (Å²) in [6.07, 6.45) is -9.92. The fraction of sp³-hybridized carbons (Fsp3) is 0.500. The van der Waals surface area contributed by atoms with E-state index in [2.05, 4.69) is 5.43 Å². The van der Waals surface area contributed by atoms with Crippen LogP contribution in [0.25, 0.3) is 0 Å². The number of hydrazine groups is 1. The van der Waals surface area contributed by atoms with E-state index in [0.717, 1.165) is 4.90 Å². The zero-order chi connectivity index (χ0) is 31.1. The molecule has 3 rings (SSSR count). The Kier molecular flexibility index (Phi) is 9.14. The van der Waals surface area contributed by atoms with Crippen molar-refractivity contribution in [3.63, 3.8) is 0 Å². The molecule has 1 aliphatic rings. The van der Waals surface area contributed by atoms with Crippen LogP contribution in [0.3, 0.4) is 0 Å². The predicted molar refractivity (Wildman–Crippen MR) is 136 cm³/mol. The van der Waals surface area contributed by atoms with Gasteiger partial charge >= 0.3 is 12.4 Å². The molecule has 0 aromatic heterocycles. The van der Waals surface area contributed by atoms with Crippen molar-refractivity contribution >= 4 is 11.8 Å². The maximum absolute atomic E-state index is 13.9. The first kappa shape index (κ1) is 32.3. The standard InChI is InChI=1S/C28H32F7N3O3/c1-15-10-20(29)6-7-21(15)23-14-38(36-25(40)26(3,4)41)9-8-22(23)24(39)37(5)16(2)17-11-18(27(30,31)32)13-19(12-17)28(33,34)35/h6-7,10-13,16,22-23,41H,8-9,14H2,1-5H3,(H,36,40)/t16-,22+,23-/m1/s1. The minimum absolute atomic E-state index is 0.0308. The summed E-state index contributed by atoms with van der Waals surface area (Å²) in [5.41, 5.74) is -1.28. The molecule has 0 saturated carbocycles. The fourth-order valence-electron chi connectivity index (χ4n) is 4.90. The Morgan fingerprint density at radius 2 is 1.59 bits per heavy atom. The summed E-state index contributed by atoms with van der Waals surface area (Å²) in [4.78, 5) is 27.3. The number of halogens is 7. The van der Waals surface area contributed by atoms with Crippen LogP contribution in [0.2, 0.25) is 0 Å². The Hall–Kier alpha value is -3.19. The van der Waals surface area contributed by atoms with Crippen LogP contribution < -0.4 is 5.43 Å². The van der Waals surface area contributed by atoms with Gasteiger partial charge in [-0.05, 0) is 81.1 Å². The van der Waals surface area contributed by atoms with E-state index in [9.17, 15) is 45.4 Å². The zero-order valence-electron chi connectivity index (χ0n) is 23.1. The van der Waals surface area contributed by atoms with Gasteiger partial charge in [0.15, 0.2) is 0 Å². The second-order valence-electron chi connectivity index (χ2n) is 10.9. The summed E-state index contributed by atoms with van der Waals surface area (Å²) in [6.45, 7) is 5.82. The monoisotopic (exact) mass is 591 g/mol. The van der Waals surface area contributed by atoms with Gasteiger partial charge in [-0.25, -0.2) is 9.40 Å². The summed E-state index contributed by atoms with van der Waals surface area (Å²) < 4.78 is 94.5. The molecule has 1 aliphatic heterocycles. The van der Waals surface area contributed by atoms with Gasteiger partial charge in [-0.3, -0.25) is 15.0 Å². The molecule has 41 heavy (non-hydrogen) atoms. The van der Waals surface area contributed by atoms with E-state index in [1.165, 1.54) is 51.0 Å². The summed E-state index contributed by atoms with van der Waals surface area (Å²) in [7, 11) is 1.30. The smallest absolute Gasteiger partial charge is 0.381 e. The van der Waals surface area contributed by atoms with Crippen molar-refractivity contribution in [2.24, 2.45) is 5.92 Å². The molecule has 226 valence electrons. The van der Waals surface area contributed by atoms with Gasteiger partial charge in [-0.15, -0.1) is 0 Å². The Balaban J connectivity index is 1.96. The molecular weight excluding hydrogens is 559 g/mol. The molecule has 3 atom stereocenters. The molecular formula is C28H32F7N3O3. The molecule has 0 bridgehead atoms. The number of hydrogen-bond acceptors (Lipinski definition) is 4. The fourth-order valence-corrected chi connectivity index (χ4v) is 4.90. The maximum atomic E-state index is 13.9. The van der Waals surface area contributed by atoms with E-state index in [1.54, 1.807) is 6.92 Å². The molecule has 0 aliphatic carbocycles. The molecule has 2 N–H and O–H groups in total. The number of rotatable bonds is 6. The SMILES string of the molecule is Cc1cc(F)ccc1[C@H]1CN(NC(=O)C(C)(C)O)CC[C@@H]1C(=O)N(C)[C@H](C)c1cc(C(F)(F)F)cc(C(F)(F)F)c1. The molecule has 0 radical (unpaired) electrons. The number of carbonyl (C=O) groups excluding carboxylic acids is 2. The van der Waals surface area contributed by atoms with Crippen LogP contribution in [-0.2, 0) is 21.9 Å². The van der Waals surface area contributed by atoms with E-state index in [4.69, 9.17) is 0 Å². The largest absolute Gasteiger partial charge is 0.416 e. The Morgan fingerprint density at radius 3 is 2.07 bits per heavy atom. The molecule has 6 nitrogen and oxygen atoms in total. The summed E-state index contributed by atoms with van der Waals surface area (Å²) >= 11 is 0. The lowest BCUT2D eigenvalue weighted by Crippen LogP contribution is -2.56.